The number of phenolic OH excluding ortho intramolecular Hbond substituents is 1. The van der Waals surface area contributed by atoms with Crippen molar-refractivity contribution >= 4 is 22.4 Å². The predicted octanol–water partition coefficient (Wildman–Crippen LogP) is 1.31. The van der Waals surface area contributed by atoms with E-state index in [1.807, 2.05) is 17.2 Å². The van der Waals surface area contributed by atoms with Crippen molar-refractivity contribution in [3.63, 3.8) is 0 Å². The van der Waals surface area contributed by atoms with E-state index in [1.54, 1.807) is 26.1 Å². The van der Waals surface area contributed by atoms with Gasteiger partial charge in [-0.25, -0.2) is 9.78 Å². The molecule has 6 unspecified atom stereocenters. The number of allylic oxidation sites excluding steroid dienone is 1. The second-order valence-corrected chi connectivity index (χ2v) is 13.3. The second kappa shape index (κ2) is 14.2. The fourth-order valence-corrected chi connectivity index (χ4v) is 6.66. The van der Waals surface area contributed by atoms with E-state index >= 15 is 0 Å². The summed E-state index contributed by atoms with van der Waals surface area (Å²) in [6.07, 6.45) is -0.516. The first-order valence-corrected chi connectivity index (χ1v) is 16.4. The normalized spacial score (nSPS) is 22.7. The monoisotopic (exact) mass is 694 g/mol. The third-order valence-electron chi connectivity index (χ3n) is 9.52. The van der Waals surface area contributed by atoms with Crippen LogP contribution in [0.25, 0.3) is 11.0 Å². The van der Waals surface area contributed by atoms with Crippen molar-refractivity contribution in [2.24, 2.45) is 4.99 Å². The van der Waals surface area contributed by atoms with Crippen LogP contribution in [0, 0.1) is 6.92 Å². The fourth-order valence-electron chi connectivity index (χ4n) is 6.66. The molecule has 6 rings (SSSR count). The lowest BCUT2D eigenvalue weighted by Gasteiger charge is -2.43. The van der Waals surface area contributed by atoms with Gasteiger partial charge in [-0.15, -0.1) is 0 Å². The molecule has 0 aliphatic carbocycles. The van der Waals surface area contributed by atoms with Crippen molar-refractivity contribution < 1.29 is 54.7 Å². The van der Waals surface area contributed by atoms with Crippen molar-refractivity contribution in [3.05, 3.63) is 87.6 Å². The molecule has 3 aromatic rings. The molecule has 0 saturated carbocycles. The summed E-state index contributed by atoms with van der Waals surface area (Å²) in [4.78, 5) is 31.2. The zero-order chi connectivity index (χ0) is 35.8. The van der Waals surface area contributed by atoms with Gasteiger partial charge in [-0.2, -0.15) is 0 Å². The number of hydrogen-bond donors (Lipinski definition) is 7. The van der Waals surface area contributed by atoms with E-state index in [4.69, 9.17) is 18.9 Å². The molecule has 0 saturated heterocycles. The predicted molar refractivity (Wildman–Crippen MR) is 181 cm³/mol. The molecule has 4 heterocycles. The van der Waals surface area contributed by atoms with Gasteiger partial charge in [-0.1, -0.05) is 12.1 Å². The van der Waals surface area contributed by atoms with Gasteiger partial charge in [0.2, 0.25) is 0 Å². The Morgan fingerprint density at radius 3 is 2.62 bits per heavy atom. The number of rotatable bonds is 14. The van der Waals surface area contributed by atoms with Crippen LogP contribution in [0.1, 0.15) is 36.7 Å². The summed E-state index contributed by atoms with van der Waals surface area (Å²) in [7, 11) is 0. The molecular weight excluding hydrogens is 652 g/mol. The minimum Gasteiger partial charge on any atom is -0.508 e. The van der Waals surface area contributed by atoms with Crippen LogP contribution in [-0.4, -0.2) is 103 Å². The van der Waals surface area contributed by atoms with E-state index in [0.29, 0.717) is 58.7 Å². The maximum atomic E-state index is 13.3. The highest BCUT2D eigenvalue weighted by atomic mass is 17.2. The Balaban J connectivity index is 1.33. The van der Waals surface area contributed by atoms with Crippen LogP contribution in [0.4, 0.5) is 5.69 Å². The maximum absolute atomic E-state index is 13.3. The zero-order valence-electron chi connectivity index (χ0n) is 27.7. The van der Waals surface area contributed by atoms with Crippen molar-refractivity contribution in [2.45, 2.75) is 75.1 Å². The first-order valence-electron chi connectivity index (χ1n) is 16.4. The summed E-state index contributed by atoms with van der Waals surface area (Å²) < 4.78 is 12.9. The molecule has 3 aliphatic heterocycles. The maximum Gasteiger partial charge on any atom is 0.193 e. The number of hydrogen-bond acceptors (Lipinski definition) is 14. The van der Waals surface area contributed by atoms with E-state index in [1.165, 1.54) is 30.3 Å². The minimum absolute atomic E-state index is 0.0217. The molecule has 1 aromatic heterocycles. The van der Waals surface area contributed by atoms with Crippen LogP contribution in [0.3, 0.4) is 0 Å². The molecule has 268 valence electrons. The van der Waals surface area contributed by atoms with E-state index in [-0.39, 0.29) is 30.6 Å². The van der Waals surface area contributed by atoms with Crippen LogP contribution in [0.5, 0.6) is 11.5 Å². The van der Waals surface area contributed by atoms with Gasteiger partial charge in [0, 0.05) is 49.1 Å². The summed E-state index contributed by atoms with van der Waals surface area (Å²) in [6, 6.07) is 8.89. The molecule has 0 radical (unpaired) electrons. The average molecular weight is 695 g/mol. The SMILES string of the molecule is Cc1cc(=O)c2cc3c(c(N4C=C5C=CN=C5C4)c2o1)OC(C)(CCCO)C(OOCC(O)(Cc1ccc(O)cc1)C(O)C(O)C(O)CO)C3. The molecule has 6 atom stereocenters. The molecule has 0 amide bonds. The lowest BCUT2D eigenvalue weighted by atomic mass is 9.85. The molecule has 3 aliphatic rings. The standard InChI is InChI=1S/C36H42N2O12/c1-20-12-27(42)25-13-23-14-29(50-47-19-36(46,34(45)31(44)28(43)18-40)15-21-4-6-24(41)7-5-21)35(2,9-3-11-39)49-32(23)30(33(25)48-20)38-16-22-8-10-37-26(22)17-38/h4-8,10,12-13,16,28-29,31,34,39-41,43-46H,3,9,11,14-15,17-19H2,1-2H3. The number of fused-ring (bicyclic) bond motifs is 3. The van der Waals surface area contributed by atoms with Gasteiger partial charge >= 0.3 is 0 Å². The molecular formula is C36H42N2O12. The number of aryl methyl sites for hydroxylation is 1. The zero-order valence-corrected chi connectivity index (χ0v) is 27.7. The van der Waals surface area contributed by atoms with E-state index < -0.39 is 48.8 Å². The van der Waals surface area contributed by atoms with Crippen LogP contribution in [0.15, 0.2) is 74.7 Å². The Hall–Kier alpha value is -4.12. The van der Waals surface area contributed by atoms with Crippen molar-refractivity contribution in [3.8, 4) is 11.5 Å². The smallest absolute Gasteiger partial charge is 0.193 e. The number of nitrogens with zero attached hydrogens (tertiary/aromatic N) is 2. The van der Waals surface area contributed by atoms with Crippen molar-refractivity contribution in [2.75, 3.05) is 31.3 Å². The van der Waals surface area contributed by atoms with Crippen LogP contribution in [-0.2, 0) is 22.6 Å². The lowest BCUT2D eigenvalue weighted by molar-refractivity contribution is -0.371. The third-order valence-corrected chi connectivity index (χ3v) is 9.52. The van der Waals surface area contributed by atoms with Gasteiger partial charge < -0.3 is 49.8 Å². The van der Waals surface area contributed by atoms with Crippen molar-refractivity contribution in [1.82, 2.24) is 0 Å². The molecule has 0 bridgehead atoms. The van der Waals surface area contributed by atoms with Crippen LogP contribution < -0.4 is 15.1 Å². The molecule has 7 N–H and O–H groups in total. The molecule has 14 heteroatoms. The van der Waals surface area contributed by atoms with Gasteiger partial charge in [-0.05, 0) is 56.5 Å². The number of ether oxygens (including phenoxy) is 1. The van der Waals surface area contributed by atoms with Gasteiger partial charge in [-0.3, -0.25) is 9.79 Å². The largest absolute Gasteiger partial charge is 0.508 e. The highest BCUT2D eigenvalue weighted by Gasteiger charge is 2.47. The minimum atomic E-state index is -2.25. The van der Waals surface area contributed by atoms with Gasteiger partial charge in [0.05, 0.1) is 24.2 Å². The lowest BCUT2D eigenvalue weighted by Crippen LogP contribution is -2.58. The molecule has 0 spiro atoms. The Labute approximate surface area is 287 Å². The fraction of sp³-hybridized carbons (Fsp3) is 0.444. The summed E-state index contributed by atoms with van der Waals surface area (Å²) in [6.45, 7) is 2.21. The molecule has 14 nitrogen and oxygen atoms in total. The third kappa shape index (κ3) is 6.93. The number of benzene rings is 2. The number of phenols is 1. The van der Waals surface area contributed by atoms with Crippen LogP contribution >= 0.6 is 0 Å². The van der Waals surface area contributed by atoms with Gasteiger partial charge in [0.25, 0.3) is 0 Å². The molecule has 2 aromatic carbocycles. The van der Waals surface area contributed by atoms with Crippen LogP contribution in [0.2, 0.25) is 0 Å². The molecule has 0 fully saturated rings. The van der Waals surface area contributed by atoms with Crippen molar-refractivity contribution in [1.29, 1.82) is 0 Å². The first-order chi connectivity index (χ1) is 23.9. The summed E-state index contributed by atoms with van der Waals surface area (Å²) in [5.74, 6) is 0.875. The Kier molecular flexibility index (Phi) is 10.2. The number of aliphatic imine (C=N–C) groups is 1. The number of aliphatic hydroxyl groups excluding tert-OH is 5. The Morgan fingerprint density at radius 2 is 1.92 bits per heavy atom. The van der Waals surface area contributed by atoms with E-state index in [2.05, 4.69) is 4.99 Å². The second-order valence-electron chi connectivity index (χ2n) is 13.3. The molecule has 50 heavy (non-hydrogen) atoms. The average Bonchev–Trinajstić information content (AvgIpc) is 3.70. The highest BCUT2D eigenvalue weighted by Crippen LogP contribution is 2.48. The van der Waals surface area contributed by atoms with E-state index in [9.17, 15) is 40.5 Å². The topological polar surface area (TPSA) is 215 Å². The quantitative estimate of drug-likeness (QED) is 0.0938. The number of anilines is 1. The van der Waals surface area contributed by atoms with Gasteiger partial charge in [0.1, 0.15) is 59.4 Å². The van der Waals surface area contributed by atoms with E-state index in [0.717, 1.165) is 11.3 Å². The first kappa shape index (κ1) is 35.7. The Bertz CT molecular complexity index is 1870. The summed E-state index contributed by atoms with van der Waals surface area (Å²) in [5, 5.41) is 72.4. The number of aromatic hydroxyl groups is 1. The van der Waals surface area contributed by atoms with Gasteiger partial charge in [0.15, 0.2) is 16.8 Å². The number of aliphatic hydroxyl groups is 6. The Morgan fingerprint density at radius 1 is 1.16 bits per heavy atom. The summed E-state index contributed by atoms with van der Waals surface area (Å²) >= 11 is 0. The highest BCUT2D eigenvalue weighted by molar-refractivity contribution is 6.12. The summed E-state index contributed by atoms with van der Waals surface area (Å²) in [5.41, 5.74) is 0.154.